The number of aliphatic imine (C=N–C) groups is 1. The van der Waals surface area contributed by atoms with Crippen molar-refractivity contribution in [1.29, 1.82) is 0 Å². The van der Waals surface area contributed by atoms with Crippen molar-refractivity contribution in [2.24, 2.45) is 10.9 Å². The highest BCUT2D eigenvalue weighted by molar-refractivity contribution is 8.13. The Kier molecular flexibility index (Phi) is 5.74. The van der Waals surface area contributed by atoms with Crippen LogP contribution in [0.25, 0.3) is 0 Å². The highest BCUT2D eigenvalue weighted by atomic mass is 32.2. The number of rotatable bonds is 3. The molecule has 1 amide bonds. The maximum absolute atomic E-state index is 14.9. The van der Waals surface area contributed by atoms with Crippen LogP contribution in [0.5, 0.6) is 0 Å². The number of hydrogen-bond acceptors (Lipinski definition) is 5. The molecule has 0 aliphatic carbocycles. The zero-order valence-electron chi connectivity index (χ0n) is 16.8. The van der Waals surface area contributed by atoms with Gasteiger partial charge in [-0.15, -0.1) is 0 Å². The van der Waals surface area contributed by atoms with Gasteiger partial charge in [0.15, 0.2) is 5.17 Å². The average Bonchev–Trinajstić information content (AvgIpc) is 2.74. The summed E-state index contributed by atoms with van der Waals surface area (Å²) in [5, 5.41) is 3.04. The molecule has 2 aliphatic heterocycles. The maximum Gasteiger partial charge on any atom is 0.271 e. The highest BCUT2D eigenvalue weighted by Gasteiger charge is 2.53. The summed E-state index contributed by atoms with van der Waals surface area (Å²) in [5.41, 5.74) is 5.59. The van der Waals surface area contributed by atoms with Gasteiger partial charge in [-0.05, 0) is 36.8 Å². The number of halogens is 3. The minimum atomic E-state index is -3.03. The molecule has 1 fully saturated rings. The molecule has 0 bridgehead atoms. The molecule has 5 nitrogen and oxygen atoms in total. The largest absolute Gasteiger partial charge is 0.399 e. The van der Waals surface area contributed by atoms with Crippen LogP contribution in [0.3, 0.4) is 0 Å². The maximum atomic E-state index is 14.9. The molecular formula is C22H22F3N3O2S. The Bertz CT molecular complexity index is 1010. The van der Waals surface area contributed by atoms with E-state index in [2.05, 4.69) is 10.3 Å². The normalized spacial score (nSPS) is 26.0. The second-order valence-electron chi connectivity index (χ2n) is 7.90. The lowest BCUT2D eigenvalue weighted by molar-refractivity contribution is -0.170. The first-order valence-corrected chi connectivity index (χ1v) is 10.8. The lowest BCUT2D eigenvalue weighted by Crippen LogP contribution is -2.54. The van der Waals surface area contributed by atoms with Gasteiger partial charge in [0.2, 0.25) is 0 Å². The van der Waals surface area contributed by atoms with Crippen molar-refractivity contribution in [2.45, 2.75) is 30.9 Å². The van der Waals surface area contributed by atoms with Crippen molar-refractivity contribution in [3.63, 3.8) is 0 Å². The summed E-state index contributed by atoms with van der Waals surface area (Å²) in [6.07, 6.45) is -1.28. The number of thioether (sulfide) groups is 1. The number of amidine groups is 1. The molecule has 0 saturated carbocycles. The molecule has 2 aromatic carbocycles. The average molecular weight is 449 g/mol. The quantitative estimate of drug-likeness (QED) is 0.689. The van der Waals surface area contributed by atoms with Crippen LogP contribution in [0.4, 0.5) is 18.9 Å². The van der Waals surface area contributed by atoms with Crippen LogP contribution >= 0.6 is 11.8 Å². The number of benzene rings is 2. The first-order chi connectivity index (χ1) is 14.7. The highest BCUT2D eigenvalue weighted by Crippen LogP contribution is 2.49. The van der Waals surface area contributed by atoms with E-state index in [1.54, 1.807) is 30.3 Å². The second kappa shape index (κ2) is 8.20. The third-order valence-electron chi connectivity index (χ3n) is 5.68. The van der Waals surface area contributed by atoms with Gasteiger partial charge in [-0.25, -0.2) is 18.2 Å². The van der Waals surface area contributed by atoms with E-state index in [0.717, 1.165) is 6.92 Å². The molecule has 31 heavy (non-hydrogen) atoms. The molecule has 1 saturated heterocycles. The lowest BCUT2D eigenvalue weighted by atomic mass is 9.74. The molecule has 2 aliphatic rings. The van der Waals surface area contributed by atoms with Gasteiger partial charge < -0.3 is 15.8 Å². The minimum Gasteiger partial charge on any atom is -0.399 e. The van der Waals surface area contributed by atoms with Crippen molar-refractivity contribution in [2.75, 3.05) is 18.1 Å². The molecule has 3 atom stereocenters. The smallest absolute Gasteiger partial charge is 0.271 e. The van der Waals surface area contributed by atoms with Crippen molar-refractivity contribution >= 4 is 28.5 Å². The van der Waals surface area contributed by atoms with Crippen molar-refractivity contribution in [3.05, 3.63) is 65.5 Å². The number of nitrogens with two attached hydrogens (primary N) is 1. The molecule has 0 spiro atoms. The van der Waals surface area contributed by atoms with Gasteiger partial charge in [0, 0.05) is 35.4 Å². The summed E-state index contributed by atoms with van der Waals surface area (Å²) in [6, 6.07) is 12.7. The zero-order valence-corrected chi connectivity index (χ0v) is 17.6. The molecule has 9 heteroatoms. The summed E-state index contributed by atoms with van der Waals surface area (Å²) in [4.78, 5) is 17.3. The third kappa shape index (κ3) is 4.29. The standard InChI is InChI=1S/C22H22F3N3O2S/c1-21(24,25)18-9-14-11-31-20(27-19(29)13-5-3-2-4-6-13)28-22(14,12-30-18)16-10-15(26)7-8-17(16)23/h2-8,10,14,18H,9,11-12,26H2,1H3,(H,27,28,29)/t14-,18?,22-/m0/s1. The van der Waals surface area contributed by atoms with Crippen LogP contribution in [0.1, 0.15) is 29.3 Å². The minimum absolute atomic E-state index is 0.00809. The number of nitrogens with one attached hydrogen (secondary N) is 1. The third-order valence-corrected chi connectivity index (χ3v) is 6.72. The number of nitrogens with zero attached hydrogens (tertiary/aromatic N) is 1. The fourth-order valence-corrected chi connectivity index (χ4v) is 5.16. The molecule has 2 aromatic rings. The van der Waals surface area contributed by atoms with Crippen LogP contribution in [0.2, 0.25) is 0 Å². The van der Waals surface area contributed by atoms with Gasteiger partial charge in [0.05, 0.1) is 6.61 Å². The number of carbonyl (C=O) groups excluding carboxylic acids is 1. The van der Waals surface area contributed by atoms with E-state index in [1.807, 2.05) is 0 Å². The van der Waals surface area contributed by atoms with E-state index in [9.17, 15) is 18.0 Å². The molecule has 164 valence electrons. The molecule has 1 unspecified atom stereocenters. The molecule has 0 aromatic heterocycles. The van der Waals surface area contributed by atoms with Gasteiger partial charge in [0.1, 0.15) is 17.5 Å². The van der Waals surface area contributed by atoms with E-state index in [-0.39, 0.29) is 29.7 Å². The fraction of sp³-hybridized carbons (Fsp3) is 0.364. The number of carbonyl (C=O) groups is 1. The first kappa shape index (κ1) is 21.7. The van der Waals surface area contributed by atoms with Gasteiger partial charge in [-0.2, -0.15) is 0 Å². The number of amides is 1. The molecule has 3 N–H and O–H groups in total. The molecular weight excluding hydrogens is 427 g/mol. The van der Waals surface area contributed by atoms with Gasteiger partial charge in [-0.1, -0.05) is 30.0 Å². The second-order valence-corrected chi connectivity index (χ2v) is 8.91. The predicted molar refractivity (Wildman–Crippen MR) is 115 cm³/mol. The van der Waals surface area contributed by atoms with E-state index < -0.39 is 29.3 Å². The summed E-state index contributed by atoms with van der Waals surface area (Å²) < 4.78 is 48.3. The van der Waals surface area contributed by atoms with E-state index in [1.165, 1.54) is 30.0 Å². The van der Waals surface area contributed by atoms with Crippen LogP contribution in [0.15, 0.2) is 53.5 Å². The van der Waals surface area contributed by atoms with Gasteiger partial charge in [0.25, 0.3) is 11.8 Å². The van der Waals surface area contributed by atoms with Crippen molar-refractivity contribution < 1.29 is 22.7 Å². The number of nitrogen functional groups attached to an aromatic ring is 1. The number of ether oxygens (including phenoxy) is 1. The monoisotopic (exact) mass is 449 g/mol. The van der Waals surface area contributed by atoms with E-state index in [0.29, 0.717) is 17.0 Å². The topological polar surface area (TPSA) is 76.7 Å². The summed E-state index contributed by atoms with van der Waals surface area (Å²) >= 11 is 1.25. The number of fused-ring (bicyclic) bond motifs is 1. The summed E-state index contributed by atoms with van der Waals surface area (Å²) in [6.45, 7) is 0.577. The Morgan fingerprint density at radius 3 is 2.74 bits per heavy atom. The summed E-state index contributed by atoms with van der Waals surface area (Å²) in [5.74, 6) is -3.98. The first-order valence-electron chi connectivity index (χ1n) is 9.83. The van der Waals surface area contributed by atoms with Crippen LogP contribution in [-0.2, 0) is 10.3 Å². The van der Waals surface area contributed by atoms with Crippen LogP contribution < -0.4 is 11.1 Å². The lowest BCUT2D eigenvalue weighted by Gasteiger charge is -2.47. The van der Waals surface area contributed by atoms with Gasteiger partial charge >= 0.3 is 0 Å². The van der Waals surface area contributed by atoms with E-state index >= 15 is 0 Å². The molecule has 2 heterocycles. The number of hydrogen-bond donors (Lipinski definition) is 2. The van der Waals surface area contributed by atoms with Crippen LogP contribution in [-0.4, -0.2) is 35.5 Å². The van der Waals surface area contributed by atoms with Crippen molar-refractivity contribution in [1.82, 2.24) is 5.32 Å². The molecule has 4 rings (SSSR count). The number of alkyl halides is 2. The predicted octanol–water partition coefficient (Wildman–Crippen LogP) is 4.20. The Hall–Kier alpha value is -2.52. The Morgan fingerprint density at radius 1 is 1.29 bits per heavy atom. The Balaban J connectivity index is 1.72. The van der Waals surface area contributed by atoms with Crippen LogP contribution in [0, 0.1) is 11.7 Å². The Morgan fingerprint density at radius 2 is 2.03 bits per heavy atom. The van der Waals surface area contributed by atoms with E-state index in [4.69, 9.17) is 10.5 Å². The van der Waals surface area contributed by atoms with Gasteiger partial charge in [-0.3, -0.25) is 4.79 Å². The summed E-state index contributed by atoms with van der Waals surface area (Å²) in [7, 11) is 0. The zero-order chi connectivity index (χ0) is 22.2. The SMILES string of the molecule is CC(F)(F)C1C[C@H]2CSC(NC(=O)c3ccccc3)=N[C@@]2(c2cc(N)ccc2F)CO1. The number of anilines is 1. The Labute approximate surface area is 182 Å². The van der Waals surface area contributed by atoms with Crippen molar-refractivity contribution in [3.8, 4) is 0 Å². The molecule has 0 radical (unpaired) electrons. The fourth-order valence-electron chi connectivity index (χ4n) is 4.00.